The van der Waals surface area contributed by atoms with Crippen molar-refractivity contribution in [3.05, 3.63) is 24.0 Å². The molecule has 1 heterocycles. The number of hydrogen-bond donors (Lipinski definition) is 1. The standard InChI is InChI=1S/C23H32N4O3S/c1-26(2)31(29,30)18-4-5-20-19(11-18)24-21(27(20)3)6-7-22(28)25-23-12-15-8-16(13-23)10-17(9-15)14-23/h4-5,11,15-17H,6-10,12-14H2,1-3H3,(H,25,28). The van der Waals surface area contributed by atoms with Crippen molar-refractivity contribution in [1.29, 1.82) is 0 Å². The SMILES string of the molecule is CN(C)S(=O)(=O)c1ccc2c(c1)nc(CCC(=O)NC13CC4CC(CC(C4)C1)C3)n2C. The molecule has 1 amide bonds. The highest BCUT2D eigenvalue weighted by Gasteiger charge is 2.51. The highest BCUT2D eigenvalue weighted by Crippen LogP contribution is 2.55. The summed E-state index contributed by atoms with van der Waals surface area (Å²) in [7, 11) is 1.45. The molecule has 4 aliphatic carbocycles. The van der Waals surface area contributed by atoms with E-state index in [9.17, 15) is 13.2 Å². The van der Waals surface area contributed by atoms with E-state index < -0.39 is 10.0 Å². The predicted molar refractivity (Wildman–Crippen MR) is 119 cm³/mol. The first-order valence-corrected chi connectivity index (χ1v) is 12.8. The van der Waals surface area contributed by atoms with Gasteiger partial charge in [0.2, 0.25) is 15.9 Å². The van der Waals surface area contributed by atoms with Gasteiger partial charge in [0, 0.05) is 39.5 Å². The number of amides is 1. The van der Waals surface area contributed by atoms with Crippen LogP contribution in [0.5, 0.6) is 0 Å². The van der Waals surface area contributed by atoms with Gasteiger partial charge < -0.3 is 9.88 Å². The average Bonchev–Trinajstić information content (AvgIpc) is 3.00. The van der Waals surface area contributed by atoms with E-state index in [1.807, 2.05) is 11.6 Å². The first-order chi connectivity index (χ1) is 14.6. The minimum Gasteiger partial charge on any atom is -0.351 e. The van der Waals surface area contributed by atoms with Crippen molar-refractivity contribution < 1.29 is 13.2 Å². The highest BCUT2D eigenvalue weighted by molar-refractivity contribution is 7.89. The molecular formula is C23H32N4O3S. The van der Waals surface area contributed by atoms with Gasteiger partial charge in [0.1, 0.15) is 5.82 Å². The van der Waals surface area contributed by atoms with Crippen LogP contribution < -0.4 is 5.32 Å². The van der Waals surface area contributed by atoms with Gasteiger partial charge >= 0.3 is 0 Å². The molecule has 7 nitrogen and oxygen atoms in total. The fraction of sp³-hybridized carbons (Fsp3) is 0.652. The van der Waals surface area contributed by atoms with Gasteiger partial charge in [-0.2, -0.15) is 0 Å². The Balaban J connectivity index is 1.28. The van der Waals surface area contributed by atoms with Crippen molar-refractivity contribution in [3.63, 3.8) is 0 Å². The molecule has 4 aliphatic rings. The van der Waals surface area contributed by atoms with Crippen molar-refractivity contribution in [1.82, 2.24) is 19.2 Å². The normalized spacial score (nSPS) is 29.7. The summed E-state index contributed by atoms with van der Waals surface area (Å²) in [5, 5.41) is 3.43. The molecule has 4 saturated carbocycles. The summed E-state index contributed by atoms with van der Waals surface area (Å²) in [5.74, 6) is 3.33. The fourth-order valence-electron chi connectivity index (χ4n) is 6.67. The molecule has 8 heteroatoms. The molecule has 1 N–H and O–H groups in total. The number of hydrogen-bond acceptors (Lipinski definition) is 4. The van der Waals surface area contributed by atoms with E-state index in [1.165, 1.54) is 37.7 Å². The molecule has 168 valence electrons. The zero-order chi connectivity index (χ0) is 22.0. The van der Waals surface area contributed by atoms with E-state index >= 15 is 0 Å². The van der Waals surface area contributed by atoms with Crippen LogP contribution in [0.3, 0.4) is 0 Å². The quantitative estimate of drug-likeness (QED) is 0.743. The Hall–Kier alpha value is -1.93. The lowest BCUT2D eigenvalue weighted by molar-refractivity contribution is -0.126. The molecular weight excluding hydrogens is 412 g/mol. The smallest absolute Gasteiger partial charge is 0.242 e. The number of aryl methyl sites for hydroxylation is 2. The molecule has 0 aliphatic heterocycles. The average molecular weight is 445 g/mol. The van der Waals surface area contributed by atoms with Crippen LogP contribution in [0.1, 0.15) is 50.8 Å². The number of imidazole rings is 1. The number of nitrogens with one attached hydrogen (secondary N) is 1. The van der Waals surface area contributed by atoms with Crippen LogP contribution in [-0.4, -0.2) is 47.8 Å². The van der Waals surface area contributed by atoms with Crippen molar-refractivity contribution in [2.45, 2.75) is 61.8 Å². The summed E-state index contributed by atoms with van der Waals surface area (Å²) in [5.41, 5.74) is 1.55. The molecule has 4 fully saturated rings. The second-order valence-corrected chi connectivity index (χ2v) is 12.4. The highest BCUT2D eigenvalue weighted by atomic mass is 32.2. The van der Waals surface area contributed by atoms with E-state index in [0.29, 0.717) is 18.4 Å². The molecule has 1 aromatic heterocycles. The molecule has 0 radical (unpaired) electrons. The summed E-state index contributed by atoms with van der Waals surface area (Å²) in [6, 6.07) is 5.02. The van der Waals surface area contributed by atoms with Gasteiger partial charge in [-0.25, -0.2) is 17.7 Å². The summed E-state index contributed by atoms with van der Waals surface area (Å²) in [6.45, 7) is 0. The van der Waals surface area contributed by atoms with Gasteiger partial charge in [-0.1, -0.05) is 0 Å². The zero-order valence-corrected chi connectivity index (χ0v) is 19.4. The largest absolute Gasteiger partial charge is 0.351 e. The molecule has 6 rings (SSSR count). The Morgan fingerprint density at radius 1 is 1.16 bits per heavy atom. The van der Waals surface area contributed by atoms with Crippen molar-refractivity contribution in [2.75, 3.05) is 14.1 Å². The fourth-order valence-corrected chi connectivity index (χ4v) is 7.59. The van der Waals surface area contributed by atoms with E-state index in [2.05, 4.69) is 10.3 Å². The Labute approximate surface area is 184 Å². The number of rotatable bonds is 6. The van der Waals surface area contributed by atoms with Crippen LogP contribution in [-0.2, 0) is 28.3 Å². The number of benzene rings is 1. The zero-order valence-electron chi connectivity index (χ0n) is 18.6. The molecule has 0 saturated heterocycles. The molecule has 31 heavy (non-hydrogen) atoms. The monoisotopic (exact) mass is 444 g/mol. The van der Waals surface area contributed by atoms with Gasteiger partial charge in [0.15, 0.2) is 0 Å². The number of aromatic nitrogens is 2. The van der Waals surface area contributed by atoms with Crippen molar-refractivity contribution >= 4 is 27.0 Å². The number of nitrogens with zero attached hydrogens (tertiary/aromatic N) is 3. The van der Waals surface area contributed by atoms with Crippen LogP contribution in [0, 0.1) is 17.8 Å². The van der Waals surface area contributed by atoms with E-state index in [-0.39, 0.29) is 16.3 Å². The van der Waals surface area contributed by atoms with E-state index in [0.717, 1.165) is 48.4 Å². The Kier molecular flexibility index (Phi) is 4.93. The minimum absolute atomic E-state index is 0.0353. The molecule has 2 aromatic rings. The second-order valence-electron chi connectivity index (χ2n) is 10.3. The summed E-state index contributed by atoms with van der Waals surface area (Å²) in [6.07, 6.45) is 8.49. The first-order valence-electron chi connectivity index (χ1n) is 11.3. The predicted octanol–water partition coefficient (Wildman–Crippen LogP) is 2.84. The second kappa shape index (κ2) is 7.30. The number of fused-ring (bicyclic) bond motifs is 1. The maximum Gasteiger partial charge on any atom is 0.242 e. The Bertz CT molecular complexity index is 1100. The number of carbonyl (C=O) groups excluding carboxylic acids is 1. The van der Waals surface area contributed by atoms with Gasteiger partial charge in [-0.3, -0.25) is 4.79 Å². The van der Waals surface area contributed by atoms with Gasteiger partial charge in [-0.05, 0) is 74.5 Å². The van der Waals surface area contributed by atoms with Crippen molar-refractivity contribution in [2.24, 2.45) is 24.8 Å². The Morgan fingerprint density at radius 2 is 1.77 bits per heavy atom. The molecule has 0 atom stereocenters. The number of carbonyl (C=O) groups is 1. The maximum absolute atomic E-state index is 12.9. The topological polar surface area (TPSA) is 84.3 Å². The first kappa shape index (κ1) is 20.9. The van der Waals surface area contributed by atoms with Crippen LogP contribution >= 0.6 is 0 Å². The van der Waals surface area contributed by atoms with Crippen LogP contribution in [0.4, 0.5) is 0 Å². The lowest BCUT2D eigenvalue weighted by Gasteiger charge is -2.56. The van der Waals surface area contributed by atoms with Crippen LogP contribution in [0.25, 0.3) is 11.0 Å². The molecule has 0 unspecified atom stereocenters. The lowest BCUT2D eigenvalue weighted by Crippen LogP contribution is -2.59. The third kappa shape index (κ3) is 3.67. The van der Waals surface area contributed by atoms with E-state index in [4.69, 9.17) is 0 Å². The van der Waals surface area contributed by atoms with Gasteiger partial charge in [0.25, 0.3) is 0 Å². The lowest BCUT2D eigenvalue weighted by atomic mass is 9.53. The maximum atomic E-state index is 12.9. The third-order valence-corrected chi connectivity index (χ3v) is 9.55. The van der Waals surface area contributed by atoms with Gasteiger partial charge in [0.05, 0.1) is 15.9 Å². The van der Waals surface area contributed by atoms with Gasteiger partial charge in [-0.15, -0.1) is 0 Å². The summed E-state index contributed by atoms with van der Waals surface area (Å²) >= 11 is 0. The summed E-state index contributed by atoms with van der Waals surface area (Å²) < 4.78 is 28.0. The molecule has 4 bridgehead atoms. The summed E-state index contributed by atoms with van der Waals surface area (Å²) in [4.78, 5) is 17.7. The Morgan fingerprint density at radius 3 is 2.35 bits per heavy atom. The van der Waals surface area contributed by atoms with Crippen LogP contribution in [0.15, 0.2) is 23.1 Å². The van der Waals surface area contributed by atoms with Crippen LogP contribution in [0.2, 0.25) is 0 Å². The third-order valence-electron chi connectivity index (χ3n) is 7.74. The van der Waals surface area contributed by atoms with E-state index in [1.54, 1.807) is 18.2 Å². The molecule has 1 aromatic carbocycles. The number of sulfonamides is 1. The van der Waals surface area contributed by atoms with Crippen molar-refractivity contribution in [3.8, 4) is 0 Å². The molecule has 0 spiro atoms. The minimum atomic E-state index is -3.50.